The maximum atomic E-state index is 11.0. The van der Waals surface area contributed by atoms with E-state index in [4.69, 9.17) is 10.8 Å². The number of carbonyl (C=O) groups is 2. The number of aliphatic carboxylic acids is 1. The molecule has 16 heavy (non-hydrogen) atoms. The monoisotopic (exact) mass is 221 g/mol. The van der Waals surface area contributed by atoms with Gasteiger partial charge in [-0.05, 0) is 49.1 Å². The number of benzene rings is 1. The number of rotatable bonds is 4. The number of carboxylic acids is 1. The molecule has 0 saturated carbocycles. The highest BCUT2D eigenvalue weighted by atomic mass is 16.4. The molecule has 1 rings (SSSR count). The second-order valence-corrected chi connectivity index (χ2v) is 3.85. The van der Waals surface area contributed by atoms with Crippen LogP contribution in [0.1, 0.15) is 33.5 Å². The van der Waals surface area contributed by atoms with E-state index < -0.39 is 11.9 Å². The Morgan fingerprint density at radius 1 is 1.25 bits per heavy atom. The fraction of sp³-hybridized carbons (Fsp3) is 0.333. The molecule has 4 heteroatoms. The van der Waals surface area contributed by atoms with E-state index in [1.54, 1.807) is 12.1 Å². The number of hydrogen-bond donors (Lipinski definition) is 2. The fourth-order valence-corrected chi connectivity index (χ4v) is 1.76. The summed E-state index contributed by atoms with van der Waals surface area (Å²) in [6.45, 7) is 3.72. The van der Waals surface area contributed by atoms with Crippen LogP contribution in [0.25, 0.3) is 0 Å². The molecular weight excluding hydrogens is 206 g/mol. The molecule has 0 aliphatic rings. The van der Waals surface area contributed by atoms with Gasteiger partial charge in [0.25, 0.3) is 0 Å². The van der Waals surface area contributed by atoms with Gasteiger partial charge < -0.3 is 10.8 Å². The van der Waals surface area contributed by atoms with Crippen molar-refractivity contribution in [1.29, 1.82) is 0 Å². The molecule has 86 valence electrons. The summed E-state index contributed by atoms with van der Waals surface area (Å²) in [6, 6.07) is 3.40. The Kier molecular flexibility index (Phi) is 3.66. The van der Waals surface area contributed by atoms with Crippen molar-refractivity contribution in [3.8, 4) is 0 Å². The molecule has 4 nitrogen and oxygen atoms in total. The number of nitrogens with two attached hydrogens (primary N) is 1. The molecule has 0 atom stereocenters. The quantitative estimate of drug-likeness (QED) is 0.806. The van der Waals surface area contributed by atoms with E-state index in [0.29, 0.717) is 12.0 Å². The highest BCUT2D eigenvalue weighted by Gasteiger charge is 2.09. The van der Waals surface area contributed by atoms with Crippen LogP contribution in [0.3, 0.4) is 0 Å². The molecule has 0 aromatic heterocycles. The Bertz CT molecular complexity index is 415. The van der Waals surface area contributed by atoms with Crippen molar-refractivity contribution < 1.29 is 14.7 Å². The van der Waals surface area contributed by atoms with E-state index in [0.717, 1.165) is 16.7 Å². The second-order valence-electron chi connectivity index (χ2n) is 3.85. The van der Waals surface area contributed by atoms with Gasteiger partial charge in [0.1, 0.15) is 0 Å². The van der Waals surface area contributed by atoms with Crippen LogP contribution < -0.4 is 5.73 Å². The molecule has 1 amide bonds. The number of amides is 1. The summed E-state index contributed by atoms with van der Waals surface area (Å²) in [5.74, 6) is -1.28. The predicted octanol–water partition coefficient (Wildman–Crippen LogP) is 1.42. The van der Waals surface area contributed by atoms with Crippen LogP contribution in [0.4, 0.5) is 0 Å². The molecule has 0 bridgehead atoms. The smallest absolute Gasteiger partial charge is 0.303 e. The maximum absolute atomic E-state index is 11.0. The van der Waals surface area contributed by atoms with E-state index in [-0.39, 0.29) is 6.42 Å². The highest BCUT2D eigenvalue weighted by Crippen LogP contribution is 2.18. The lowest BCUT2D eigenvalue weighted by atomic mass is 9.95. The van der Waals surface area contributed by atoms with Crippen LogP contribution in [-0.4, -0.2) is 17.0 Å². The molecule has 0 saturated heterocycles. The Balaban J connectivity index is 3.03. The van der Waals surface area contributed by atoms with Crippen LogP contribution in [-0.2, 0) is 11.2 Å². The second kappa shape index (κ2) is 4.79. The molecule has 0 spiro atoms. The first kappa shape index (κ1) is 12.2. The van der Waals surface area contributed by atoms with Crippen molar-refractivity contribution in [2.24, 2.45) is 5.73 Å². The maximum Gasteiger partial charge on any atom is 0.303 e. The number of primary amides is 1. The topological polar surface area (TPSA) is 80.4 Å². The van der Waals surface area contributed by atoms with Crippen LogP contribution >= 0.6 is 0 Å². The van der Waals surface area contributed by atoms with Gasteiger partial charge in [-0.15, -0.1) is 0 Å². The van der Waals surface area contributed by atoms with Crippen molar-refractivity contribution in [3.63, 3.8) is 0 Å². The third-order valence-corrected chi connectivity index (χ3v) is 2.57. The van der Waals surface area contributed by atoms with Crippen molar-refractivity contribution in [2.75, 3.05) is 0 Å². The first-order valence-corrected chi connectivity index (χ1v) is 5.03. The minimum atomic E-state index is -0.822. The Hall–Kier alpha value is -1.84. The van der Waals surface area contributed by atoms with Crippen LogP contribution in [0.2, 0.25) is 0 Å². The number of aryl methyl sites for hydroxylation is 2. The highest BCUT2D eigenvalue weighted by molar-refractivity contribution is 5.93. The van der Waals surface area contributed by atoms with Gasteiger partial charge in [0.15, 0.2) is 0 Å². The lowest BCUT2D eigenvalue weighted by Gasteiger charge is -2.10. The summed E-state index contributed by atoms with van der Waals surface area (Å²) in [5.41, 5.74) is 8.46. The Morgan fingerprint density at radius 2 is 1.75 bits per heavy atom. The van der Waals surface area contributed by atoms with E-state index in [9.17, 15) is 9.59 Å². The predicted molar refractivity (Wildman–Crippen MR) is 60.4 cm³/mol. The largest absolute Gasteiger partial charge is 0.481 e. The van der Waals surface area contributed by atoms with E-state index >= 15 is 0 Å². The minimum Gasteiger partial charge on any atom is -0.481 e. The zero-order valence-corrected chi connectivity index (χ0v) is 9.41. The number of carbonyl (C=O) groups excluding carboxylic acids is 1. The van der Waals surface area contributed by atoms with Gasteiger partial charge in [0.05, 0.1) is 0 Å². The van der Waals surface area contributed by atoms with Gasteiger partial charge in [-0.2, -0.15) is 0 Å². The van der Waals surface area contributed by atoms with E-state index in [1.165, 1.54) is 0 Å². The van der Waals surface area contributed by atoms with Crippen LogP contribution in [0, 0.1) is 13.8 Å². The Morgan fingerprint density at radius 3 is 2.12 bits per heavy atom. The molecule has 1 aromatic carbocycles. The zero-order valence-electron chi connectivity index (χ0n) is 9.41. The molecule has 0 aliphatic heterocycles. The van der Waals surface area contributed by atoms with Crippen molar-refractivity contribution in [2.45, 2.75) is 26.7 Å². The lowest BCUT2D eigenvalue weighted by molar-refractivity contribution is -0.136. The molecule has 0 aliphatic carbocycles. The van der Waals surface area contributed by atoms with Gasteiger partial charge >= 0.3 is 5.97 Å². The first-order chi connectivity index (χ1) is 7.41. The summed E-state index contributed by atoms with van der Waals surface area (Å²) in [4.78, 5) is 21.5. The SMILES string of the molecule is Cc1cc(C(N)=O)cc(C)c1CCC(=O)O. The average Bonchev–Trinajstić information content (AvgIpc) is 2.15. The van der Waals surface area contributed by atoms with E-state index in [2.05, 4.69) is 0 Å². The van der Waals surface area contributed by atoms with Gasteiger partial charge in [-0.1, -0.05) is 0 Å². The summed E-state index contributed by atoms with van der Waals surface area (Å²) in [6.07, 6.45) is 0.573. The average molecular weight is 221 g/mol. The standard InChI is InChI=1S/C12H15NO3/c1-7-5-9(12(13)16)6-8(2)10(7)3-4-11(14)15/h5-6H,3-4H2,1-2H3,(H2,13,16)(H,14,15). The van der Waals surface area contributed by atoms with Crippen LogP contribution in [0.5, 0.6) is 0 Å². The van der Waals surface area contributed by atoms with Crippen molar-refractivity contribution in [1.82, 2.24) is 0 Å². The Labute approximate surface area is 94.1 Å². The molecule has 0 heterocycles. The summed E-state index contributed by atoms with van der Waals surface area (Å²) in [7, 11) is 0. The van der Waals surface area contributed by atoms with Crippen LogP contribution in [0.15, 0.2) is 12.1 Å². The van der Waals surface area contributed by atoms with Gasteiger partial charge in [-0.25, -0.2) is 0 Å². The minimum absolute atomic E-state index is 0.0948. The molecular formula is C12H15NO3. The van der Waals surface area contributed by atoms with Crippen molar-refractivity contribution >= 4 is 11.9 Å². The fourth-order valence-electron chi connectivity index (χ4n) is 1.76. The van der Waals surface area contributed by atoms with Crippen molar-refractivity contribution in [3.05, 3.63) is 34.4 Å². The molecule has 1 aromatic rings. The lowest BCUT2D eigenvalue weighted by Crippen LogP contribution is -2.12. The number of hydrogen-bond acceptors (Lipinski definition) is 2. The summed E-state index contributed by atoms with van der Waals surface area (Å²) < 4.78 is 0. The number of carboxylic acid groups (broad SMARTS) is 1. The van der Waals surface area contributed by atoms with Gasteiger partial charge in [0, 0.05) is 12.0 Å². The molecule has 0 fully saturated rings. The van der Waals surface area contributed by atoms with Gasteiger partial charge in [0.2, 0.25) is 5.91 Å². The first-order valence-electron chi connectivity index (χ1n) is 5.03. The van der Waals surface area contributed by atoms with Gasteiger partial charge in [-0.3, -0.25) is 9.59 Å². The third kappa shape index (κ3) is 2.82. The molecule has 0 unspecified atom stereocenters. The normalized spacial score (nSPS) is 10.1. The summed E-state index contributed by atoms with van der Waals surface area (Å²) in [5, 5.41) is 8.63. The molecule has 0 radical (unpaired) electrons. The summed E-state index contributed by atoms with van der Waals surface area (Å²) >= 11 is 0. The third-order valence-electron chi connectivity index (χ3n) is 2.57. The van der Waals surface area contributed by atoms with E-state index in [1.807, 2.05) is 13.8 Å². The molecule has 3 N–H and O–H groups in total. The zero-order chi connectivity index (χ0) is 12.3.